The van der Waals surface area contributed by atoms with Gasteiger partial charge in [-0.2, -0.15) is 0 Å². The molecule has 3 heterocycles. The number of hydrogen-bond donors (Lipinski definition) is 2. The van der Waals surface area contributed by atoms with Gasteiger partial charge in [-0.05, 0) is 49.4 Å². The lowest BCUT2D eigenvalue weighted by Gasteiger charge is -2.02. The zero-order valence-electron chi connectivity index (χ0n) is 13.5. The Labute approximate surface area is 148 Å². The Balaban J connectivity index is 1.61. The third-order valence-corrected chi connectivity index (χ3v) is 5.40. The van der Waals surface area contributed by atoms with Gasteiger partial charge in [-0.3, -0.25) is 4.79 Å². The maximum Gasteiger partial charge on any atom is 0.263 e. The van der Waals surface area contributed by atoms with Crippen LogP contribution in [0.15, 0.2) is 35.8 Å². The first-order chi connectivity index (χ1) is 11.6. The fourth-order valence-corrected chi connectivity index (χ4v) is 3.81. The number of rotatable bonds is 6. The molecule has 0 radical (unpaired) electrons. The first kappa shape index (κ1) is 16.6. The molecule has 0 atom stereocenters. The summed E-state index contributed by atoms with van der Waals surface area (Å²) in [6, 6.07) is 7.97. The predicted molar refractivity (Wildman–Crippen MR) is 99.5 cm³/mol. The molecule has 0 fully saturated rings. The maximum absolute atomic E-state index is 12.3. The molecule has 0 spiro atoms. The van der Waals surface area contributed by atoms with Crippen molar-refractivity contribution in [2.45, 2.75) is 20.3 Å². The van der Waals surface area contributed by atoms with Gasteiger partial charge in [0.2, 0.25) is 0 Å². The van der Waals surface area contributed by atoms with Crippen LogP contribution in [0.3, 0.4) is 0 Å². The normalized spacial score (nSPS) is 10.6. The van der Waals surface area contributed by atoms with E-state index in [4.69, 9.17) is 0 Å². The smallest absolute Gasteiger partial charge is 0.263 e. The average molecular weight is 358 g/mol. The highest BCUT2D eigenvalue weighted by atomic mass is 32.1. The minimum atomic E-state index is -0.0770. The molecule has 7 heteroatoms. The molecular weight excluding hydrogens is 340 g/mol. The van der Waals surface area contributed by atoms with Gasteiger partial charge in [0.15, 0.2) is 5.13 Å². The number of anilines is 2. The van der Waals surface area contributed by atoms with Crippen LogP contribution in [0.5, 0.6) is 0 Å². The van der Waals surface area contributed by atoms with Gasteiger partial charge in [0.1, 0.15) is 10.7 Å². The number of carbonyl (C=O) groups excluding carboxylic acids is 1. The third kappa shape index (κ3) is 4.18. The quantitative estimate of drug-likeness (QED) is 0.700. The Bertz CT molecular complexity index is 827. The van der Waals surface area contributed by atoms with E-state index in [0.29, 0.717) is 16.6 Å². The van der Waals surface area contributed by atoms with E-state index in [9.17, 15) is 4.79 Å². The van der Waals surface area contributed by atoms with Gasteiger partial charge in [-0.25, -0.2) is 9.97 Å². The fourth-order valence-electron chi connectivity index (χ4n) is 2.21. The standard InChI is InChI=1S/C17H18N4OS2/c1-11-5-7-18-14(10-11)21-17-20-12(2)15(24-17)16(22)19-8-6-13-4-3-9-23-13/h3-5,7,9-10H,6,8H2,1-2H3,(H,19,22)(H,18,20,21). The summed E-state index contributed by atoms with van der Waals surface area (Å²) >= 11 is 3.05. The highest BCUT2D eigenvalue weighted by molar-refractivity contribution is 7.17. The molecule has 3 aromatic rings. The van der Waals surface area contributed by atoms with E-state index in [-0.39, 0.29) is 5.91 Å². The highest BCUT2D eigenvalue weighted by Gasteiger charge is 2.15. The molecule has 3 rings (SSSR count). The van der Waals surface area contributed by atoms with Crippen molar-refractivity contribution in [1.82, 2.24) is 15.3 Å². The van der Waals surface area contributed by atoms with E-state index in [1.54, 1.807) is 17.5 Å². The first-order valence-electron chi connectivity index (χ1n) is 7.59. The van der Waals surface area contributed by atoms with Gasteiger partial charge in [0.25, 0.3) is 5.91 Å². The fraction of sp³-hybridized carbons (Fsp3) is 0.235. The molecule has 0 saturated heterocycles. The number of carbonyl (C=O) groups is 1. The number of aryl methyl sites for hydroxylation is 2. The van der Waals surface area contributed by atoms with E-state index in [2.05, 4.69) is 26.7 Å². The van der Waals surface area contributed by atoms with Crippen molar-refractivity contribution >= 4 is 39.5 Å². The van der Waals surface area contributed by atoms with Gasteiger partial charge >= 0.3 is 0 Å². The minimum Gasteiger partial charge on any atom is -0.351 e. The molecule has 0 aliphatic carbocycles. The van der Waals surface area contributed by atoms with Crippen molar-refractivity contribution in [2.24, 2.45) is 0 Å². The van der Waals surface area contributed by atoms with Crippen molar-refractivity contribution < 1.29 is 4.79 Å². The summed E-state index contributed by atoms with van der Waals surface area (Å²) in [4.78, 5) is 22.9. The summed E-state index contributed by atoms with van der Waals surface area (Å²) < 4.78 is 0. The summed E-state index contributed by atoms with van der Waals surface area (Å²) in [6.45, 7) is 4.48. The lowest BCUT2D eigenvalue weighted by atomic mass is 10.3. The van der Waals surface area contributed by atoms with Crippen LogP contribution in [-0.4, -0.2) is 22.4 Å². The van der Waals surface area contributed by atoms with Crippen LogP contribution in [-0.2, 0) is 6.42 Å². The number of aromatic nitrogens is 2. The Morgan fingerprint density at radius 2 is 2.17 bits per heavy atom. The van der Waals surface area contributed by atoms with E-state index in [1.165, 1.54) is 16.2 Å². The topological polar surface area (TPSA) is 66.9 Å². The van der Waals surface area contributed by atoms with Crippen molar-refractivity contribution in [1.29, 1.82) is 0 Å². The van der Waals surface area contributed by atoms with Crippen LogP contribution in [0.2, 0.25) is 0 Å². The molecule has 24 heavy (non-hydrogen) atoms. The molecule has 1 amide bonds. The molecule has 0 aliphatic heterocycles. The number of nitrogens with zero attached hydrogens (tertiary/aromatic N) is 2. The van der Waals surface area contributed by atoms with Crippen LogP contribution < -0.4 is 10.6 Å². The Hall–Kier alpha value is -2.25. The monoisotopic (exact) mass is 358 g/mol. The molecule has 0 unspecified atom stereocenters. The molecule has 3 aromatic heterocycles. The lowest BCUT2D eigenvalue weighted by Crippen LogP contribution is -2.25. The maximum atomic E-state index is 12.3. The number of amides is 1. The molecule has 0 aliphatic rings. The zero-order chi connectivity index (χ0) is 16.9. The number of thiophene rings is 1. The van der Waals surface area contributed by atoms with Crippen LogP contribution in [0.25, 0.3) is 0 Å². The van der Waals surface area contributed by atoms with Crippen molar-refractivity contribution in [3.8, 4) is 0 Å². The highest BCUT2D eigenvalue weighted by Crippen LogP contribution is 2.25. The molecule has 0 bridgehead atoms. The number of pyridine rings is 1. The van der Waals surface area contributed by atoms with Gasteiger partial charge < -0.3 is 10.6 Å². The van der Waals surface area contributed by atoms with E-state index in [0.717, 1.165) is 23.5 Å². The van der Waals surface area contributed by atoms with E-state index >= 15 is 0 Å². The van der Waals surface area contributed by atoms with E-state index < -0.39 is 0 Å². The molecule has 0 aromatic carbocycles. The molecule has 2 N–H and O–H groups in total. The van der Waals surface area contributed by atoms with Gasteiger partial charge in [-0.15, -0.1) is 11.3 Å². The van der Waals surface area contributed by atoms with Crippen molar-refractivity contribution in [3.05, 3.63) is 56.9 Å². The number of hydrogen-bond acceptors (Lipinski definition) is 6. The summed E-state index contributed by atoms with van der Waals surface area (Å²) in [5, 5.41) is 8.83. The third-order valence-electron chi connectivity index (χ3n) is 3.39. The molecular formula is C17H18N4OS2. The summed E-state index contributed by atoms with van der Waals surface area (Å²) in [5.74, 6) is 0.653. The average Bonchev–Trinajstić information content (AvgIpc) is 3.17. The number of nitrogens with one attached hydrogen (secondary N) is 2. The molecule has 5 nitrogen and oxygen atoms in total. The lowest BCUT2D eigenvalue weighted by molar-refractivity contribution is 0.0957. The first-order valence-corrected chi connectivity index (χ1v) is 9.29. The van der Waals surface area contributed by atoms with Crippen LogP contribution in [0.4, 0.5) is 10.9 Å². The minimum absolute atomic E-state index is 0.0770. The number of thiazole rings is 1. The second-order valence-corrected chi connectivity index (χ2v) is 7.39. The largest absolute Gasteiger partial charge is 0.351 e. The van der Waals surface area contributed by atoms with Crippen LogP contribution >= 0.6 is 22.7 Å². The predicted octanol–water partition coefficient (Wildman–Crippen LogP) is 3.93. The van der Waals surface area contributed by atoms with Crippen LogP contribution in [0.1, 0.15) is 25.8 Å². The summed E-state index contributed by atoms with van der Waals surface area (Å²) in [7, 11) is 0. The Morgan fingerprint density at radius 3 is 2.92 bits per heavy atom. The van der Waals surface area contributed by atoms with Gasteiger partial charge in [0, 0.05) is 17.6 Å². The molecule has 0 saturated carbocycles. The Morgan fingerprint density at radius 1 is 1.29 bits per heavy atom. The van der Waals surface area contributed by atoms with Crippen molar-refractivity contribution in [2.75, 3.05) is 11.9 Å². The summed E-state index contributed by atoms with van der Waals surface area (Å²) in [6.07, 6.45) is 2.59. The zero-order valence-corrected chi connectivity index (χ0v) is 15.1. The Kier molecular flexibility index (Phi) is 5.22. The van der Waals surface area contributed by atoms with Crippen LogP contribution in [0, 0.1) is 13.8 Å². The second kappa shape index (κ2) is 7.55. The SMILES string of the molecule is Cc1ccnc(Nc2nc(C)c(C(=O)NCCc3cccs3)s2)c1. The van der Waals surface area contributed by atoms with E-state index in [1.807, 2.05) is 37.4 Å². The van der Waals surface area contributed by atoms with Gasteiger partial charge in [0.05, 0.1) is 5.69 Å². The second-order valence-electron chi connectivity index (χ2n) is 5.36. The summed E-state index contributed by atoms with van der Waals surface area (Å²) in [5.41, 5.74) is 1.84. The van der Waals surface area contributed by atoms with Crippen molar-refractivity contribution in [3.63, 3.8) is 0 Å². The molecule has 124 valence electrons. The van der Waals surface area contributed by atoms with Gasteiger partial charge in [-0.1, -0.05) is 17.4 Å².